The van der Waals surface area contributed by atoms with E-state index in [1.165, 1.54) is 42.5 Å². The smallest absolute Gasteiger partial charge is 0.126 e. The maximum absolute atomic E-state index is 13.9. The van der Waals surface area contributed by atoms with E-state index in [9.17, 15) is 19.0 Å². The second-order valence-corrected chi connectivity index (χ2v) is 5.45. The molecule has 0 fully saturated rings. The third kappa shape index (κ3) is 3.40. The summed E-state index contributed by atoms with van der Waals surface area (Å²) >= 11 is 5.86. The van der Waals surface area contributed by atoms with Crippen LogP contribution in [0.1, 0.15) is 11.1 Å². The van der Waals surface area contributed by atoms with Gasteiger partial charge in [-0.15, -0.1) is 0 Å². The SMILES string of the molecule is OCC(CO)(Cc1cc(Cl)ccc1F)c1ccc(F)cc1. The van der Waals surface area contributed by atoms with Gasteiger partial charge >= 0.3 is 0 Å². The van der Waals surface area contributed by atoms with E-state index >= 15 is 0 Å². The molecule has 0 unspecified atom stereocenters. The number of hydrogen-bond acceptors (Lipinski definition) is 2. The molecule has 0 saturated heterocycles. The molecule has 0 aliphatic rings. The molecular formula is C16H15ClF2O2. The third-order valence-electron chi connectivity index (χ3n) is 3.60. The fraction of sp³-hybridized carbons (Fsp3) is 0.250. The van der Waals surface area contributed by atoms with Crippen molar-refractivity contribution in [1.29, 1.82) is 0 Å². The summed E-state index contributed by atoms with van der Waals surface area (Å²) in [6.45, 7) is -0.803. The molecule has 2 nitrogen and oxygen atoms in total. The summed E-state index contributed by atoms with van der Waals surface area (Å²) in [7, 11) is 0. The second-order valence-electron chi connectivity index (χ2n) is 5.02. The van der Waals surface area contributed by atoms with Gasteiger partial charge in [0.2, 0.25) is 0 Å². The highest BCUT2D eigenvalue weighted by atomic mass is 35.5. The van der Waals surface area contributed by atoms with E-state index in [1.807, 2.05) is 0 Å². The van der Waals surface area contributed by atoms with Gasteiger partial charge in [0.15, 0.2) is 0 Å². The van der Waals surface area contributed by atoms with Crippen molar-refractivity contribution in [2.24, 2.45) is 0 Å². The third-order valence-corrected chi connectivity index (χ3v) is 3.83. The Labute approximate surface area is 126 Å². The molecule has 0 radical (unpaired) electrons. The fourth-order valence-electron chi connectivity index (χ4n) is 2.29. The molecule has 0 saturated carbocycles. The van der Waals surface area contributed by atoms with Crippen LogP contribution in [0.2, 0.25) is 5.02 Å². The number of halogens is 3. The molecule has 2 rings (SSSR count). The van der Waals surface area contributed by atoms with Crippen molar-refractivity contribution >= 4 is 11.6 Å². The summed E-state index contributed by atoms with van der Waals surface area (Å²) in [4.78, 5) is 0. The standard InChI is InChI=1S/C16H15ClF2O2/c17-13-3-6-15(19)11(7-13)8-16(9-20,10-21)12-1-4-14(18)5-2-12/h1-7,20-21H,8-10H2. The van der Waals surface area contributed by atoms with Gasteiger partial charge < -0.3 is 10.2 Å². The first-order valence-electron chi connectivity index (χ1n) is 6.42. The maximum Gasteiger partial charge on any atom is 0.126 e. The van der Waals surface area contributed by atoms with Crippen LogP contribution in [-0.4, -0.2) is 23.4 Å². The van der Waals surface area contributed by atoms with Gasteiger partial charge in [0.1, 0.15) is 11.6 Å². The van der Waals surface area contributed by atoms with E-state index in [0.29, 0.717) is 10.6 Å². The first kappa shape index (κ1) is 15.9. The minimum Gasteiger partial charge on any atom is -0.395 e. The molecule has 0 atom stereocenters. The molecule has 2 N–H and O–H groups in total. The van der Waals surface area contributed by atoms with E-state index in [2.05, 4.69) is 0 Å². The van der Waals surface area contributed by atoms with Crippen molar-refractivity contribution in [3.05, 3.63) is 70.2 Å². The Kier molecular flexibility index (Phi) is 4.93. The molecule has 0 amide bonds. The van der Waals surface area contributed by atoms with E-state index in [4.69, 9.17) is 11.6 Å². The predicted octanol–water partition coefficient (Wildman–Crippen LogP) is 3.08. The molecule has 0 aromatic heterocycles. The molecule has 112 valence electrons. The lowest BCUT2D eigenvalue weighted by atomic mass is 9.76. The molecular weight excluding hydrogens is 298 g/mol. The van der Waals surface area contributed by atoms with E-state index in [0.717, 1.165) is 0 Å². The summed E-state index contributed by atoms with van der Waals surface area (Å²) in [6.07, 6.45) is 0.0536. The first-order valence-corrected chi connectivity index (χ1v) is 6.80. The van der Waals surface area contributed by atoms with Crippen LogP contribution in [0.3, 0.4) is 0 Å². The highest BCUT2D eigenvalue weighted by molar-refractivity contribution is 6.30. The zero-order chi connectivity index (χ0) is 15.5. The van der Waals surface area contributed by atoms with Crippen molar-refractivity contribution < 1.29 is 19.0 Å². The van der Waals surface area contributed by atoms with Gasteiger partial charge in [-0.2, -0.15) is 0 Å². The zero-order valence-electron chi connectivity index (χ0n) is 11.2. The Balaban J connectivity index is 2.42. The van der Waals surface area contributed by atoms with Gasteiger partial charge in [-0.3, -0.25) is 0 Å². The summed E-state index contributed by atoms with van der Waals surface area (Å²) in [5.74, 6) is -0.884. The number of rotatable bonds is 5. The van der Waals surface area contributed by atoms with Crippen molar-refractivity contribution in [3.63, 3.8) is 0 Å². The second kappa shape index (κ2) is 6.52. The lowest BCUT2D eigenvalue weighted by Gasteiger charge is -2.30. The number of benzene rings is 2. The largest absolute Gasteiger partial charge is 0.395 e. The number of aliphatic hydroxyl groups is 2. The monoisotopic (exact) mass is 312 g/mol. The Morgan fingerprint density at radius 1 is 0.952 bits per heavy atom. The Hall–Kier alpha value is -1.49. The minimum absolute atomic E-state index is 0.0536. The normalized spacial score (nSPS) is 11.7. The predicted molar refractivity (Wildman–Crippen MR) is 77.4 cm³/mol. The van der Waals surface area contributed by atoms with Gasteiger partial charge in [0.05, 0.1) is 13.2 Å². The average Bonchev–Trinajstić information content (AvgIpc) is 2.49. The number of aliphatic hydroxyl groups excluding tert-OH is 2. The topological polar surface area (TPSA) is 40.5 Å². The van der Waals surface area contributed by atoms with Crippen molar-refractivity contribution in [2.75, 3.05) is 13.2 Å². The zero-order valence-corrected chi connectivity index (χ0v) is 11.9. The van der Waals surface area contributed by atoms with Crippen molar-refractivity contribution in [1.82, 2.24) is 0 Å². The van der Waals surface area contributed by atoms with Crippen molar-refractivity contribution in [2.45, 2.75) is 11.8 Å². The first-order chi connectivity index (χ1) is 10.0. The van der Waals surface area contributed by atoms with Crippen LogP contribution >= 0.6 is 11.6 Å². The molecule has 0 aliphatic heterocycles. The van der Waals surface area contributed by atoms with Crippen molar-refractivity contribution in [3.8, 4) is 0 Å². The molecule has 5 heteroatoms. The Bertz CT molecular complexity index is 610. The maximum atomic E-state index is 13.9. The molecule has 2 aromatic carbocycles. The van der Waals surface area contributed by atoms with E-state index < -0.39 is 30.3 Å². The molecule has 0 spiro atoms. The van der Waals surface area contributed by atoms with Crippen LogP contribution in [0, 0.1) is 11.6 Å². The highest BCUT2D eigenvalue weighted by Gasteiger charge is 2.32. The van der Waals surface area contributed by atoms with Crippen LogP contribution in [0.4, 0.5) is 8.78 Å². The average molecular weight is 313 g/mol. The lowest BCUT2D eigenvalue weighted by molar-refractivity contribution is 0.115. The molecule has 2 aromatic rings. The molecule has 0 bridgehead atoms. The molecule has 0 aliphatic carbocycles. The molecule has 0 heterocycles. The van der Waals surface area contributed by atoms with Gasteiger partial charge in [0.25, 0.3) is 0 Å². The lowest BCUT2D eigenvalue weighted by Crippen LogP contribution is -2.37. The minimum atomic E-state index is -1.10. The van der Waals surface area contributed by atoms with E-state index in [-0.39, 0.29) is 12.0 Å². The van der Waals surface area contributed by atoms with Crippen LogP contribution < -0.4 is 0 Å². The summed E-state index contributed by atoms with van der Waals surface area (Å²) in [5, 5.41) is 19.8. The van der Waals surface area contributed by atoms with Crippen LogP contribution in [0.5, 0.6) is 0 Å². The fourth-order valence-corrected chi connectivity index (χ4v) is 2.49. The summed E-state index contributed by atoms with van der Waals surface area (Å²) in [6, 6.07) is 9.56. The van der Waals surface area contributed by atoms with Gasteiger partial charge in [0, 0.05) is 10.4 Å². The quantitative estimate of drug-likeness (QED) is 0.891. The highest BCUT2D eigenvalue weighted by Crippen LogP contribution is 2.30. The van der Waals surface area contributed by atoms with E-state index in [1.54, 1.807) is 0 Å². The van der Waals surface area contributed by atoms with Gasteiger partial charge in [-0.05, 0) is 47.9 Å². The van der Waals surface area contributed by atoms with Gasteiger partial charge in [-0.25, -0.2) is 8.78 Å². The Morgan fingerprint density at radius 2 is 1.57 bits per heavy atom. The Morgan fingerprint density at radius 3 is 2.14 bits per heavy atom. The van der Waals surface area contributed by atoms with Crippen LogP contribution in [-0.2, 0) is 11.8 Å². The summed E-state index contributed by atoms with van der Waals surface area (Å²) in [5.41, 5.74) is -0.276. The van der Waals surface area contributed by atoms with Crippen LogP contribution in [0.15, 0.2) is 42.5 Å². The van der Waals surface area contributed by atoms with Crippen LogP contribution in [0.25, 0.3) is 0 Å². The summed E-state index contributed by atoms with van der Waals surface area (Å²) < 4.78 is 26.9. The molecule has 21 heavy (non-hydrogen) atoms. The van der Waals surface area contributed by atoms with Gasteiger partial charge in [-0.1, -0.05) is 23.7 Å². The number of hydrogen-bond donors (Lipinski definition) is 2.